The van der Waals surface area contributed by atoms with Crippen molar-refractivity contribution in [1.82, 2.24) is 10.2 Å². The van der Waals surface area contributed by atoms with Gasteiger partial charge in [0.25, 0.3) is 11.8 Å². The number of amides is 2. The number of carbonyl (C=O) groups is 2. The Balaban J connectivity index is 0.00000264. The first-order valence-corrected chi connectivity index (χ1v) is 7.13. The zero-order valence-corrected chi connectivity index (χ0v) is 14.0. The Morgan fingerprint density at radius 1 is 1.39 bits per heavy atom. The zero-order chi connectivity index (χ0) is 16.1. The van der Waals surface area contributed by atoms with Crippen LogP contribution >= 0.6 is 12.4 Å². The minimum atomic E-state index is -0.572. The maximum absolute atomic E-state index is 12.6. The summed E-state index contributed by atoms with van der Waals surface area (Å²) in [5, 5.41) is 3.25. The van der Waals surface area contributed by atoms with Gasteiger partial charge in [-0.25, -0.2) is 0 Å². The number of methoxy groups -OCH3 is 1. The van der Waals surface area contributed by atoms with E-state index >= 15 is 0 Å². The molecule has 128 valence electrons. The highest BCUT2D eigenvalue weighted by Crippen LogP contribution is 2.28. The Morgan fingerprint density at radius 2 is 2.13 bits per heavy atom. The summed E-state index contributed by atoms with van der Waals surface area (Å²) in [6.45, 7) is 4.00. The van der Waals surface area contributed by atoms with E-state index in [1.54, 1.807) is 18.2 Å². The second-order valence-electron chi connectivity index (χ2n) is 5.17. The second-order valence-corrected chi connectivity index (χ2v) is 5.17. The second kappa shape index (κ2) is 8.59. The third-order valence-electron chi connectivity index (χ3n) is 3.54. The van der Waals surface area contributed by atoms with Crippen LogP contribution < -0.4 is 20.5 Å². The number of nitrogens with one attached hydrogen (secondary N) is 1. The predicted molar refractivity (Wildman–Crippen MR) is 88.3 cm³/mol. The number of hydrogen-bond donors (Lipinski definition) is 2. The lowest BCUT2D eigenvalue weighted by Crippen LogP contribution is -2.52. The lowest BCUT2D eigenvalue weighted by atomic mass is 10.1. The van der Waals surface area contributed by atoms with Crippen molar-refractivity contribution in [2.45, 2.75) is 13.0 Å². The molecule has 2 rings (SSSR count). The molecule has 0 spiro atoms. The van der Waals surface area contributed by atoms with Crippen molar-refractivity contribution < 1.29 is 19.1 Å². The molecule has 0 aliphatic carbocycles. The van der Waals surface area contributed by atoms with Gasteiger partial charge in [0.1, 0.15) is 0 Å². The van der Waals surface area contributed by atoms with Crippen LogP contribution in [0.5, 0.6) is 11.5 Å². The number of carbonyl (C=O) groups excluding carboxylic acids is 2. The van der Waals surface area contributed by atoms with Gasteiger partial charge in [-0.15, -0.1) is 12.4 Å². The van der Waals surface area contributed by atoms with E-state index in [-0.39, 0.29) is 31.0 Å². The van der Waals surface area contributed by atoms with Crippen molar-refractivity contribution in [3.05, 3.63) is 23.8 Å². The van der Waals surface area contributed by atoms with Crippen LogP contribution in [0.2, 0.25) is 0 Å². The Morgan fingerprint density at radius 3 is 2.74 bits per heavy atom. The normalized spacial score (nSPS) is 17.1. The van der Waals surface area contributed by atoms with Crippen LogP contribution in [0.4, 0.5) is 0 Å². The number of nitrogens with zero attached hydrogens (tertiary/aromatic N) is 1. The average Bonchev–Trinajstić information content (AvgIpc) is 2.52. The van der Waals surface area contributed by atoms with Gasteiger partial charge in [0, 0.05) is 31.2 Å². The fraction of sp³-hybridized carbons (Fsp3) is 0.467. The van der Waals surface area contributed by atoms with Crippen molar-refractivity contribution in [2.24, 2.45) is 5.73 Å². The largest absolute Gasteiger partial charge is 0.493 e. The fourth-order valence-electron chi connectivity index (χ4n) is 2.38. The highest BCUT2D eigenvalue weighted by Gasteiger charge is 2.24. The molecule has 0 radical (unpaired) electrons. The minimum Gasteiger partial charge on any atom is -0.493 e. The first-order valence-electron chi connectivity index (χ1n) is 7.13. The molecule has 1 aromatic carbocycles. The van der Waals surface area contributed by atoms with Gasteiger partial charge in [-0.2, -0.15) is 0 Å². The summed E-state index contributed by atoms with van der Waals surface area (Å²) in [7, 11) is 1.48. The standard InChI is InChI=1S/C15H21N3O4.ClH/c1-10-8-17-5-6-18(10)15(20)11-3-4-12(13(7-11)21-2)22-9-14(16)19;/h3-4,7,10,17H,5-6,8-9H2,1-2H3,(H2,16,19);1H/t10-;/m1./s1. The molecule has 1 heterocycles. The van der Waals surface area contributed by atoms with Crippen molar-refractivity contribution >= 4 is 24.2 Å². The van der Waals surface area contributed by atoms with E-state index in [1.165, 1.54) is 7.11 Å². The molecule has 1 atom stereocenters. The molecule has 3 N–H and O–H groups in total. The highest BCUT2D eigenvalue weighted by molar-refractivity contribution is 5.95. The van der Waals surface area contributed by atoms with Gasteiger partial charge < -0.3 is 25.4 Å². The Hall–Kier alpha value is -1.99. The van der Waals surface area contributed by atoms with Gasteiger partial charge in [-0.05, 0) is 25.1 Å². The summed E-state index contributed by atoms with van der Waals surface area (Å²) in [6.07, 6.45) is 0. The van der Waals surface area contributed by atoms with Crippen LogP contribution in [-0.4, -0.2) is 56.1 Å². The van der Waals surface area contributed by atoms with Gasteiger partial charge in [-0.3, -0.25) is 9.59 Å². The summed E-state index contributed by atoms with van der Waals surface area (Å²) in [6, 6.07) is 5.03. The van der Waals surface area contributed by atoms with Crippen molar-refractivity contribution in [3.63, 3.8) is 0 Å². The van der Waals surface area contributed by atoms with Crippen LogP contribution in [0, 0.1) is 0 Å². The molecule has 0 unspecified atom stereocenters. The quantitative estimate of drug-likeness (QED) is 0.808. The summed E-state index contributed by atoms with van der Waals surface area (Å²) < 4.78 is 10.5. The van der Waals surface area contributed by atoms with Gasteiger partial charge >= 0.3 is 0 Å². The van der Waals surface area contributed by atoms with Crippen molar-refractivity contribution in [3.8, 4) is 11.5 Å². The first-order chi connectivity index (χ1) is 10.5. The molecule has 1 aromatic rings. The van der Waals surface area contributed by atoms with Crippen LogP contribution in [0.1, 0.15) is 17.3 Å². The van der Waals surface area contributed by atoms with E-state index in [9.17, 15) is 9.59 Å². The monoisotopic (exact) mass is 343 g/mol. The number of ether oxygens (including phenoxy) is 2. The number of nitrogens with two attached hydrogens (primary N) is 1. The molecule has 1 aliphatic rings. The predicted octanol–water partition coefficient (Wildman–Crippen LogP) is 0.415. The molecular weight excluding hydrogens is 322 g/mol. The summed E-state index contributed by atoms with van der Waals surface area (Å²) in [5.41, 5.74) is 5.58. The number of benzene rings is 1. The molecule has 0 bridgehead atoms. The SMILES string of the molecule is COc1cc(C(=O)N2CCNC[C@H]2C)ccc1OCC(N)=O.Cl. The zero-order valence-electron chi connectivity index (χ0n) is 13.2. The topological polar surface area (TPSA) is 93.9 Å². The smallest absolute Gasteiger partial charge is 0.255 e. The van der Waals surface area contributed by atoms with E-state index in [0.29, 0.717) is 23.6 Å². The highest BCUT2D eigenvalue weighted by atomic mass is 35.5. The third kappa shape index (κ3) is 4.74. The number of primary amides is 1. The maximum Gasteiger partial charge on any atom is 0.255 e. The van der Waals surface area contributed by atoms with E-state index in [4.69, 9.17) is 15.2 Å². The van der Waals surface area contributed by atoms with Crippen LogP contribution in [0.15, 0.2) is 18.2 Å². The molecule has 7 nitrogen and oxygen atoms in total. The average molecular weight is 344 g/mol. The third-order valence-corrected chi connectivity index (χ3v) is 3.54. The van der Waals surface area contributed by atoms with E-state index in [2.05, 4.69) is 5.32 Å². The summed E-state index contributed by atoms with van der Waals surface area (Å²) in [5.74, 6) is 0.159. The molecule has 0 saturated carbocycles. The number of rotatable bonds is 5. The van der Waals surface area contributed by atoms with Gasteiger partial charge in [-0.1, -0.05) is 0 Å². The molecule has 1 aliphatic heterocycles. The fourth-order valence-corrected chi connectivity index (χ4v) is 2.38. The Bertz CT molecular complexity index is 568. The molecule has 23 heavy (non-hydrogen) atoms. The van der Waals surface area contributed by atoms with E-state index in [1.807, 2.05) is 11.8 Å². The number of hydrogen-bond acceptors (Lipinski definition) is 5. The van der Waals surface area contributed by atoms with Gasteiger partial charge in [0.15, 0.2) is 18.1 Å². The van der Waals surface area contributed by atoms with Crippen LogP contribution in [0.3, 0.4) is 0 Å². The first kappa shape index (κ1) is 19.1. The number of piperazine rings is 1. The van der Waals surface area contributed by atoms with Crippen LogP contribution in [0.25, 0.3) is 0 Å². The molecule has 8 heteroatoms. The van der Waals surface area contributed by atoms with E-state index in [0.717, 1.165) is 13.1 Å². The van der Waals surface area contributed by atoms with Crippen molar-refractivity contribution in [2.75, 3.05) is 33.4 Å². The molecule has 1 fully saturated rings. The molecular formula is C15H22ClN3O4. The molecule has 2 amide bonds. The van der Waals surface area contributed by atoms with E-state index < -0.39 is 5.91 Å². The lowest BCUT2D eigenvalue weighted by Gasteiger charge is -2.34. The van der Waals surface area contributed by atoms with Crippen LogP contribution in [-0.2, 0) is 4.79 Å². The summed E-state index contributed by atoms with van der Waals surface area (Å²) in [4.78, 5) is 25.2. The lowest BCUT2D eigenvalue weighted by molar-refractivity contribution is -0.119. The Labute approximate surface area is 141 Å². The van der Waals surface area contributed by atoms with Gasteiger partial charge in [0.05, 0.1) is 7.11 Å². The molecule has 1 saturated heterocycles. The maximum atomic E-state index is 12.6. The van der Waals surface area contributed by atoms with Gasteiger partial charge in [0.2, 0.25) is 0 Å². The van der Waals surface area contributed by atoms with Crippen molar-refractivity contribution in [1.29, 1.82) is 0 Å². The minimum absolute atomic E-state index is 0. The molecule has 0 aromatic heterocycles. The summed E-state index contributed by atoms with van der Waals surface area (Å²) >= 11 is 0. The Kier molecular flexibility index (Phi) is 7.12. The number of halogens is 1.